The minimum Gasteiger partial charge on any atom is -0.481 e. The van der Waals surface area contributed by atoms with Crippen molar-refractivity contribution in [2.24, 2.45) is 0 Å². The number of rotatable bonds is 8. The number of carboxylic acids is 1. The highest BCUT2D eigenvalue weighted by atomic mass is 16.4. The number of carboxylic acid groups (broad SMARTS) is 1. The number of carbonyl (C=O) groups excluding carboxylic acids is 1. The number of aromatic nitrogens is 2. The Bertz CT molecular complexity index is 735. The summed E-state index contributed by atoms with van der Waals surface area (Å²) in [4.78, 5) is 22.4. The van der Waals surface area contributed by atoms with Crippen molar-refractivity contribution in [1.29, 1.82) is 0 Å². The number of benzene rings is 1. The number of hydrogen-bond donors (Lipinski definition) is 2. The monoisotopic (exact) mass is 343 g/mol. The molecule has 6 nitrogen and oxygen atoms in total. The standard InChI is InChI=1S/C19H25N3O3/c1-13-12-14(2)22(21-13)17-10-8-16(9-11-17)15(3)20-18(23)6-4-5-7-19(24)25/h8-12,15H,4-7H2,1-3H3,(H,20,23)(H,24,25). The Morgan fingerprint density at radius 2 is 1.80 bits per heavy atom. The van der Waals surface area contributed by atoms with Gasteiger partial charge in [-0.25, -0.2) is 4.68 Å². The molecule has 0 aliphatic heterocycles. The summed E-state index contributed by atoms with van der Waals surface area (Å²) >= 11 is 0. The fourth-order valence-electron chi connectivity index (χ4n) is 2.75. The summed E-state index contributed by atoms with van der Waals surface area (Å²) < 4.78 is 1.89. The first-order valence-electron chi connectivity index (χ1n) is 8.51. The van der Waals surface area contributed by atoms with Crippen LogP contribution in [0, 0.1) is 13.8 Å². The van der Waals surface area contributed by atoms with Crippen molar-refractivity contribution in [3.8, 4) is 5.69 Å². The zero-order valence-corrected chi connectivity index (χ0v) is 15.0. The maximum Gasteiger partial charge on any atom is 0.303 e. The Morgan fingerprint density at radius 1 is 1.16 bits per heavy atom. The molecule has 1 unspecified atom stereocenters. The predicted octanol–water partition coefficient (Wildman–Crippen LogP) is 3.31. The Labute approximate surface area is 147 Å². The van der Waals surface area contributed by atoms with Gasteiger partial charge < -0.3 is 10.4 Å². The molecule has 1 heterocycles. The van der Waals surface area contributed by atoms with Crippen LogP contribution in [0.4, 0.5) is 0 Å². The zero-order chi connectivity index (χ0) is 18.4. The van der Waals surface area contributed by atoms with E-state index in [1.165, 1.54) is 0 Å². The van der Waals surface area contributed by atoms with Gasteiger partial charge in [-0.2, -0.15) is 5.10 Å². The molecule has 25 heavy (non-hydrogen) atoms. The van der Waals surface area contributed by atoms with E-state index in [1.807, 2.05) is 55.8 Å². The third kappa shape index (κ3) is 5.45. The Hall–Kier alpha value is -2.63. The van der Waals surface area contributed by atoms with Gasteiger partial charge in [-0.3, -0.25) is 9.59 Å². The fourth-order valence-corrected chi connectivity index (χ4v) is 2.75. The molecule has 1 aromatic carbocycles. The predicted molar refractivity (Wildman–Crippen MR) is 95.7 cm³/mol. The highest BCUT2D eigenvalue weighted by Gasteiger charge is 2.11. The number of aryl methyl sites for hydroxylation is 2. The number of unbranched alkanes of at least 4 members (excludes halogenated alkanes) is 1. The summed E-state index contributed by atoms with van der Waals surface area (Å²) in [5, 5.41) is 16.0. The van der Waals surface area contributed by atoms with Gasteiger partial charge in [-0.05, 0) is 57.4 Å². The molecule has 2 N–H and O–H groups in total. The molecule has 0 fully saturated rings. The van der Waals surface area contributed by atoms with Gasteiger partial charge in [0, 0.05) is 18.5 Å². The number of hydrogen-bond acceptors (Lipinski definition) is 3. The minimum absolute atomic E-state index is 0.0551. The lowest BCUT2D eigenvalue weighted by Gasteiger charge is -2.15. The Kier molecular flexibility index (Phi) is 6.33. The largest absolute Gasteiger partial charge is 0.481 e. The van der Waals surface area contributed by atoms with E-state index in [-0.39, 0.29) is 18.4 Å². The van der Waals surface area contributed by atoms with Crippen LogP contribution >= 0.6 is 0 Å². The van der Waals surface area contributed by atoms with Crippen LogP contribution in [-0.2, 0) is 9.59 Å². The normalized spacial score (nSPS) is 12.0. The molecule has 1 atom stereocenters. The Morgan fingerprint density at radius 3 is 2.36 bits per heavy atom. The lowest BCUT2D eigenvalue weighted by Crippen LogP contribution is -2.26. The van der Waals surface area contributed by atoms with Crippen LogP contribution in [0.15, 0.2) is 30.3 Å². The zero-order valence-electron chi connectivity index (χ0n) is 15.0. The van der Waals surface area contributed by atoms with Crippen LogP contribution in [-0.4, -0.2) is 26.8 Å². The van der Waals surface area contributed by atoms with Gasteiger partial charge in [0.1, 0.15) is 0 Å². The van der Waals surface area contributed by atoms with E-state index in [1.54, 1.807) is 0 Å². The molecule has 0 aliphatic carbocycles. The number of carbonyl (C=O) groups is 2. The summed E-state index contributed by atoms with van der Waals surface area (Å²) in [6.07, 6.45) is 1.56. The first-order chi connectivity index (χ1) is 11.9. The molecular formula is C19H25N3O3. The number of nitrogens with one attached hydrogen (secondary N) is 1. The van der Waals surface area contributed by atoms with Crippen LogP contribution in [0.5, 0.6) is 0 Å². The fraction of sp³-hybridized carbons (Fsp3) is 0.421. The molecule has 6 heteroatoms. The average molecular weight is 343 g/mol. The molecule has 0 aliphatic rings. The van der Waals surface area contributed by atoms with Crippen molar-refractivity contribution < 1.29 is 14.7 Å². The molecule has 134 valence electrons. The summed E-state index contributed by atoms with van der Waals surface area (Å²) in [7, 11) is 0. The topological polar surface area (TPSA) is 84.2 Å². The molecule has 2 aromatic rings. The van der Waals surface area contributed by atoms with E-state index in [4.69, 9.17) is 5.11 Å². The van der Waals surface area contributed by atoms with Gasteiger partial charge in [-0.15, -0.1) is 0 Å². The van der Waals surface area contributed by atoms with Crippen molar-refractivity contribution in [1.82, 2.24) is 15.1 Å². The smallest absolute Gasteiger partial charge is 0.303 e. The molecular weight excluding hydrogens is 318 g/mol. The Balaban J connectivity index is 1.89. The highest BCUT2D eigenvalue weighted by Crippen LogP contribution is 2.17. The van der Waals surface area contributed by atoms with Gasteiger partial charge in [0.25, 0.3) is 0 Å². The summed E-state index contributed by atoms with van der Waals surface area (Å²) in [6.45, 7) is 5.92. The second kappa shape index (κ2) is 8.46. The van der Waals surface area contributed by atoms with Gasteiger partial charge in [0.2, 0.25) is 5.91 Å². The minimum atomic E-state index is -0.823. The van der Waals surface area contributed by atoms with Gasteiger partial charge >= 0.3 is 5.97 Å². The summed E-state index contributed by atoms with van der Waals surface area (Å²) in [6, 6.07) is 9.89. The second-order valence-electron chi connectivity index (χ2n) is 6.32. The van der Waals surface area contributed by atoms with Crippen LogP contribution < -0.4 is 5.32 Å². The van der Waals surface area contributed by atoms with Crippen molar-refractivity contribution in [3.05, 3.63) is 47.3 Å². The van der Waals surface area contributed by atoms with Crippen molar-refractivity contribution in [2.45, 2.75) is 52.5 Å². The third-order valence-electron chi connectivity index (χ3n) is 4.07. The summed E-state index contributed by atoms with van der Waals surface area (Å²) in [5.41, 5.74) is 4.06. The lowest BCUT2D eigenvalue weighted by molar-refractivity contribution is -0.137. The first-order valence-corrected chi connectivity index (χ1v) is 8.51. The average Bonchev–Trinajstić information content (AvgIpc) is 2.90. The lowest BCUT2D eigenvalue weighted by atomic mass is 10.1. The van der Waals surface area contributed by atoms with E-state index in [9.17, 15) is 9.59 Å². The van der Waals surface area contributed by atoms with Crippen molar-refractivity contribution >= 4 is 11.9 Å². The van der Waals surface area contributed by atoms with Crippen molar-refractivity contribution in [3.63, 3.8) is 0 Å². The number of nitrogens with zero attached hydrogens (tertiary/aromatic N) is 2. The third-order valence-corrected chi connectivity index (χ3v) is 4.07. The second-order valence-corrected chi connectivity index (χ2v) is 6.32. The van der Waals surface area contributed by atoms with Gasteiger partial charge in [0.05, 0.1) is 17.4 Å². The maximum absolute atomic E-state index is 11.9. The van der Waals surface area contributed by atoms with Gasteiger partial charge in [0.15, 0.2) is 0 Å². The maximum atomic E-state index is 11.9. The van der Waals surface area contributed by atoms with E-state index in [0.717, 1.165) is 22.6 Å². The molecule has 0 spiro atoms. The number of amides is 1. The van der Waals surface area contributed by atoms with Crippen LogP contribution in [0.3, 0.4) is 0 Å². The van der Waals surface area contributed by atoms with E-state index >= 15 is 0 Å². The van der Waals surface area contributed by atoms with Gasteiger partial charge in [-0.1, -0.05) is 12.1 Å². The molecule has 1 aromatic heterocycles. The molecule has 0 radical (unpaired) electrons. The SMILES string of the molecule is Cc1cc(C)n(-c2ccc(C(C)NC(=O)CCCCC(=O)O)cc2)n1. The molecule has 2 rings (SSSR count). The van der Waals surface area contributed by atoms with E-state index < -0.39 is 5.97 Å². The molecule has 0 saturated carbocycles. The summed E-state index contributed by atoms with van der Waals surface area (Å²) in [5.74, 6) is -0.878. The highest BCUT2D eigenvalue weighted by molar-refractivity contribution is 5.76. The number of aliphatic carboxylic acids is 1. The molecule has 1 amide bonds. The molecule has 0 bridgehead atoms. The molecule has 0 saturated heterocycles. The van der Waals surface area contributed by atoms with E-state index in [0.29, 0.717) is 19.3 Å². The van der Waals surface area contributed by atoms with Crippen LogP contribution in [0.1, 0.15) is 55.6 Å². The quantitative estimate of drug-likeness (QED) is 0.720. The first kappa shape index (κ1) is 18.7. The van der Waals surface area contributed by atoms with E-state index in [2.05, 4.69) is 10.4 Å². The van der Waals surface area contributed by atoms with Crippen LogP contribution in [0.2, 0.25) is 0 Å². The van der Waals surface area contributed by atoms with Crippen LogP contribution in [0.25, 0.3) is 5.69 Å². The van der Waals surface area contributed by atoms with Crippen molar-refractivity contribution in [2.75, 3.05) is 0 Å².